The van der Waals surface area contributed by atoms with Crippen LogP contribution in [0.5, 0.6) is 0 Å². The second kappa shape index (κ2) is 5.48. The molecular weight excluding hydrogens is 238 g/mol. The molecule has 0 aromatic carbocycles. The van der Waals surface area contributed by atoms with Crippen LogP contribution in [0.25, 0.3) is 5.95 Å². The van der Waals surface area contributed by atoms with E-state index in [-0.39, 0.29) is 0 Å². The van der Waals surface area contributed by atoms with Gasteiger partial charge in [-0.2, -0.15) is 5.10 Å². The fourth-order valence-electron chi connectivity index (χ4n) is 2.33. The third kappa shape index (κ3) is 2.51. The molecule has 0 spiro atoms. The molecule has 2 heterocycles. The van der Waals surface area contributed by atoms with Gasteiger partial charge in [-0.05, 0) is 39.8 Å². The van der Waals surface area contributed by atoms with Gasteiger partial charge >= 0.3 is 0 Å². The van der Waals surface area contributed by atoms with Crippen LogP contribution >= 0.6 is 0 Å². The summed E-state index contributed by atoms with van der Waals surface area (Å²) in [6.45, 7) is 9.03. The average molecular weight is 259 g/mol. The molecule has 19 heavy (non-hydrogen) atoms. The van der Waals surface area contributed by atoms with Crippen LogP contribution in [0.1, 0.15) is 35.1 Å². The van der Waals surface area contributed by atoms with E-state index in [0.29, 0.717) is 5.95 Å². The Kier molecular flexibility index (Phi) is 3.95. The molecule has 0 amide bonds. The highest BCUT2D eigenvalue weighted by Crippen LogP contribution is 2.16. The lowest BCUT2D eigenvalue weighted by molar-refractivity contribution is 0.745. The van der Waals surface area contributed by atoms with Crippen LogP contribution in [0.2, 0.25) is 0 Å². The molecule has 0 radical (unpaired) electrons. The topological polar surface area (TPSA) is 55.6 Å². The molecular formula is C14H21N5. The Labute approximate surface area is 114 Å². The van der Waals surface area contributed by atoms with Gasteiger partial charge in [0.2, 0.25) is 0 Å². The van der Waals surface area contributed by atoms with Gasteiger partial charge in [-0.3, -0.25) is 0 Å². The maximum atomic E-state index is 4.56. The van der Waals surface area contributed by atoms with E-state index in [1.54, 1.807) is 0 Å². The van der Waals surface area contributed by atoms with Crippen molar-refractivity contribution in [2.24, 2.45) is 0 Å². The molecule has 2 aromatic heterocycles. The number of aryl methyl sites for hydroxylation is 2. The minimum Gasteiger partial charge on any atom is -0.316 e. The van der Waals surface area contributed by atoms with Gasteiger partial charge in [0.1, 0.15) is 0 Å². The molecule has 0 aliphatic heterocycles. The van der Waals surface area contributed by atoms with Crippen molar-refractivity contribution in [1.29, 1.82) is 0 Å². The monoisotopic (exact) mass is 259 g/mol. The maximum Gasteiger partial charge on any atom is 0.250 e. The lowest BCUT2D eigenvalue weighted by Crippen LogP contribution is -2.11. The Bertz CT molecular complexity index is 586. The summed E-state index contributed by atoms with van der Waals surface area (Å²) in [4.78, 5) is 8.99. The molecule has 5 heteroatoms. The van der Waals surface area contributed by atoms with Gasteiger partial charge in [-0.1, -0.05) is 6.92 Å². The zero-order valence-electron chi connectivity index (χ0n) is 12.3. The van der Waals surface area contributed by atoms with Gasteiger partial charge < -0.3 is 5.32 Å². The molecule has 2 rings (SSSR count). The fraction of sp³-hybridized carbons (Fsp3) is 0.500. The number of rotatable bonds is 4. The van der Waals surface area contributed by atoms with Gasteiger partial charge in [0, 0.05) is 29.7 Å². The third-order valence-electron chi connectivity index (χ3n) is 3.42. The van der Waals surface area contributed by atoms with E-state index in [1.165, 1.54) is 5.56 Å². The molecule has 1 N–H and O–H groups in total. The third-order valence-corrected chi connectivity index (χ3v) is 3.42. The van der Waals surface area contributed by atoms with Crippen molar-refractivity contribution in [3.63, 3.8) is 0 Å². The van der Waals surface area contributed by atoms with Crippen LogP contribution in [-0.2, 0) is 13.0 Å². The number of nitrogens with one attached hydrogen (secondary N) is 1. The molecule has 0 unspecified atom stereocenters. The van der Waals surface area contributed by atoms with Gasteiger partial charge in [0.05, 0.1) is 5.69 Å². The lowest BCUT2D eigenvalue weighted by Gasteiger charge is -2.07. The summed E-state index contributed by atoms with van der Waals surface area (Å²) >= 11 is 0. The Morgan fingerprint density at radius 3 is 2.47 bits per heavy atom. The molecule has 0 bridgehead atoms. The number of nitrogens with zero attached hydrogens (tertiary/aromatic N) is 4. The first-order valence-corrected chi connectivity index (χ1v) is 6.61. The molecule has 0 aliphatic rings. The SMILES string of the molecule is CCc1c(C)nn(-c2ncc(CNC)c(C)n2)c1C. The number of hydrogen-bond donors (Lipinski definition) is 1. The van der Waals surface area contributed by atoms with Crippen molar-refractivity contribution < 1.29 is 0 Å². The zero-order valence-corrected chi connectivity index (χ0v) is 12.3. The normalized spacial score (nSPS) is 11.0. The summed E-state index contributed by atoms with van der Waals surface area (Å²) in [5.74, 6) is 0.651. The summed E-state index contributed by atoms with van der Waals surface area (Å²) in [6.07, 6.45) is 2.85. The van der Waals surface area contributed by atoms with Crippen molar-refractivity contribution in [2.45, 2.75) is 40.7 Å². The summed E-state index contributed by atoms with van der Waals surface area (Å²) in [6, 6.07) is 0. The first kappa shape index (κ1) is 13.7. The predicted octanol–water partition coefficient (Wildman–Crippen LogP) is 1.87. The van der Waals surface area contributed by atoms with E-state index in [0.717, 1.165) is 35.6 Å². The van der Waals surface area contributed by atoms with Crippen LogP contribution in [0.3, 0.4) is 0 Å². The summed E-state index contributed by atoms with van der Waals surface area (Å²) in [5.41, 5.74) is 5.57. The van der Waals surface area contributed by atoms with Crippen molar-refractivity contribution in [3.05, 3.63) is 34.4 Å². The predicted molar refractivity (Wildman–Crippen MR) is 75.5 cm³/mol. The van der Waals surface area contributed by atoms with Crippen LogP contribution < -0.4 is 5.32 Å². The number of aromatic nitrogens is 4. The van der Waals surface area contributed by atoms with Gasteiger partial charge in [-0.15, -0.1) is 0 Å². The lowest BCUT2D eigenvalue weighted by atomic mass is 10.1. The second-order valence-corrected chi connectivity index (χ2v) is 4.73. The largest absolute Gasteiger partial charge is 0.316 e. The molecule has 0 atom stereocenters. The van der Waals surface area contributed by atoms with E-state index in [9.17, 15) is 0 Å². The van der Waals surface area contributed by atoms with Gasteiger partial charge in [0.15, 0.2) is 0 Å². The fourth-order valence-corrected chi connectivity index (χ4v) is 2.33. The highest BCUT2D eigenvalue weighted by molar-refractivity contribution is 5.30. The van der Waals surface area contributed by atoms with Gasteiger partial charge in [0.25, 0.3) is 5.95 Å². The van der Waals surface area contributed by atoms with Crippen molar-refractivity contribution >= 4 is 0 Å². The molecule has 5 nitrogen and oxygen atoms in total. The minimum atomic E-state index is 0.651. The Balaban J connectivity index is 2.45. The second-order valence-electron chi connectivity index (χ2n) is 4.73. The van der Waals surface area contributed by atoms with Crippen molar-refractivity contribution in [2.75, 3.05) is 7.05 Å². The van der Waals surface area contributed by atoms with Crippen molar-refractivity contribution in [3.8, 4) is 5.95 Å². The van der Waals surface area contributed by atoms with Crippen LogP contribution in [0, 0.1) is 20.8 Å². The summed E-state index contributed by atoms with van der Waals surface area (Å²) in [5, 5.41) is 7.66. The van der Waals surface area contributed by atoms with Gasteiger partial charge in [-0.25, -0.2) is 14.6 Å². The maximum absolute atomic E-state index is 4.56. The number of hydrogen-bond acceptors (Lipinski definition) is 4. The Hall–Kier alpha value is -1.75. The first-order chi connectivity index (χ1) is 9.08. The Morgan fingerprint density at radius 1 is 1.21 bits per heavy atom. The Morgan fingerprint density at radius 2 is 1.95 bits per heavy atom. The van der Waals surface area contributed by atoms with E-state index in [4.69, 9.17) is 0 Å². The first-order valence-electron chi connectivity index (χ1n) is 6.61. The van der Waals surface area contributed by atoms with E-state index in [2.05, 4.69) is 34.2 Å². The smallest absolute Gasteiger partial charge is 0.250 e. The summed E-state index contributed by atoms with van der Waals surface area (Å²) < 4.78 is 1.84. The quantitative estimate of drug-likeness (QED) is 0.910. The summed E-state index contributed by atoms with van der Waals surface area (Å²) in [7, 11) is 1.92. The zero-order chi connectivity index (χ0) is 14.0. The van der Waals surface area contributed by atoms with Crippen molar-refractivity contribution in [1.82, 2.24) is 25.1 Å². The van der Waals surface area contributed by atoms with Crippen LogP contribution in [-0.4, -0.2) is 26.8 Å². The minimum absolute atomic E-state index is 0.651. The molecule has 2 aromatic rings. The van der Waals surface area contributed by atoms with E-state index in [1.807, 2.05) is 31.8 Å². The molecule has 0 saturated carbocycles. The molecule has 0 aliphatic carbocycles. The highest BCUT2D eigenvalue weighted by Gasteiger charge is 2.13. The molecule has 0 saturated heterocycles. The van der Waals surface area contributed by atoms with Crippen LogP contribution in [0.15, 0.2) is 6.20 Å². The van der Waals surface area contributed by atoms with E-state index < -0.39 is 0 Å². The molecule has 102 valence electrons. The molecule has 0 fully saturated rings. The standard InChI is InChI=1S/C14H21N5/c1-6-13-10(3)18-19(11(13)4)14-16-8-12(7-15-5)9(2)17-14/h8,15H,6-7H2,1-5H3. The van der Waals surface area contributed by atoms with E-state index >= 15 is 0 Å². The highest BCUT2D eigenvalue weighted by atomic mass is 15.4. The average Bonchev–Trinajstić information content (AvgIpc) is 2.67. The van der Waals surface area contributed by atoms with Crippen LogP contribution in [0.4, 0.5) is 0 Å².